The van der Waals surface area contributed by atoms with Crippen LogP contribution in [0.15, 0.2) is 45.8 Å². The number of benzene rings is 2. The normalized spacial score (nSPS) is 34.0. The van der Waals surface area contributed by atoms with Crippen LogP contribution in [0, 0.1) is 0 Å². The van der Waals surface area contributed by atoms with Gasteiger partial charge in [0.1, 0.15) is 66.4 Å². The first-order chi connectivity index (χ1) is 19.4. The molecule has 3 heterocycles. The molecular formula is C27H30O14. The van der Waals surface area contributed by atoms with Crippen LogP contribution in [0.25, 0.3) is 22.1 Å². The third kappa shape index (κ3) is 5.03. The first-order valence-corrected chi connectivity index (χ1v) is 12.7. The monoisotopic (exact) mass is 578 g/mol. The molecule has 14 nitrogen and oxygen atoms in total. The number of ether oxygens (including phenoxy) is 3. The van der Waals surface area contributed by atoms with Crippen LogP contribution in [0.2, 0.25) is 0 Å². The number of aromatic hydroxyl groups is 2. The minimum Gasteiger partial charge on any atom is -0.507 e. The lowest BCUT2D eigenvalue weighted by molar-refractivity contribution is -0.268. The zero-order valence-electron chi connectivity index (χ0n) is 21.5. The minimum absolute atomic E-state index is 0.00842. The Labute approximate surface area is 231 Å². The fourth-order valence-corrected chi connectivity index (χ4v) is 5.05. The van der Waals surface area contributed by atoms with Gasteiger partial charge in [0.05, 0.1) is 29.2 Å². The molecule has 0 spiro atoms. The van der Waals surface area contributed by atoms with E-state index in [1.54, 1.807) is 0 Å². The molecule has 5 rings (SSSR count). The molecule has 1 aromatic heterocycles. The number of rotatable bonds is 5. The van der Waals surface area contributed by atoms with E-state index in [1.165, 1.54) is 31.2 Å². The number of phenolic OH excluding ortho intramolecular Hbond substituents is 2. The zero-order chi connectivity index (χ0) is 29.7. The van der Waals surface area contributed by atoms with Crippen LogP contribution in [0.4, 0.5) is 0 Å². The van der Waals surface area contributed by atoms with E-state index in [1.807, 2.05) is 0 Å². The summed E-state index contributed by atoms with van der Waals surface area (Å²) in [5.74, 6) is -1.02. The molecule has 14 heteroatoms. The smallest absolute Gasteiger partial charge is 0.229 e. The van der Waals surface area contributed by atoms with Crippen LogP contribution in [0.1, 0.15) is 18.6 Å². The molecule has 2 aromatic carbocycles. The second-order valence-electron chi connectivity index (χ2n) is 10.1. The lowest BCUT2D eigenvalue weighted by atomic mass is 9.89. The van der Waals surface area contributed by atoms with Crippen molar-refractivity contribution in [3.8, 4) is 28.4 Å². The molecule has 0 saturated carbocycles. The fourth-order valence-electron chi connectivity index (χ4n) is 5.05. The zero-order valence-corrected chi connectivity index (χ0v) is 21.5. The Bertz CT molecular complexity index is 1470. The average molecular weight is 579 g/mol. The molecule has 0 radical (unpaired) electrons. The lowest BCUT2D eigenvalue weighted by Crippen LogP contribution is -2.58. The van der Waals surface area contributed by atoms with Crippen molar-refractivity contribution in [3.05, 3.63) is 52.4 Å². The van der Waals surface area contributed by atoms with Gasteiger partial charge in [-0.3, -0.25) is 4.79 Å². The van der Waals surface area contributed by atoms with Crippen LogP contribution in [0.3, 0.4) is 0 Å². The van der Waals surface area contributed by atoms with Crippen molar-refractivity contribution in [2.75, 3.05) is 6.61 Å². The lowest BCUT2D eigenvalue weighted by Gasteiger charge is -2.40. The highest BCUT2D eigenvalue weighted by Gasteiger charge is 2.46. The van der Waals surface area contributed by atoms with Gasteiger partial charge in [-0.25, -0.2) is 0 Å². The summed E-state index contributed by atoms with van der Waals surface area (Å²) in [5.41, 5.74) is -0.761. The third-order valence-electron chi connectivity index (χ3n) is 7.46. The number of aliphatic hydroxyl groups is 7. The summed E-state index contributed by atoms with van der Waals surface area (Å²) in [7, 11) is 0. The van der Waals surface area contributed by atoms with E-state index in [0.717, 1.165) is 12.3 Å². The minimum atomic E-state index is -1.74. The van der Waals surface area contributed by atoms with Gasteiger partial charge in [-0.1, -0.05) is 6.07 Å². The molecule has 2 fully saturated rings. The van der Waals surface area contributed by atoms with E-state index in [9.17, 15) is 50.8 Å². The van der Waals surface area contributed by atoms with Gasteiger partial charge in [0.15, 0.2) is 11.5 Å². The maximum Gasteiger partial charge on any atom is 0.229 e. The Morgan fingerprint density at radius 1 is 0.829 bits per heavy atom. The largest absolute Gasteiger partial charge is 0.507 e. The third-order valence-corrected chi connectivity index (χ3v) is 7.46. The summed E-state index contributed by atoms with van der Waals surface area (Å²) >= 11 is 0. The average Bonchev–Trinajstić information content (AvgIpc) is 2.95. The Morgan fingerprint density at radius 3 is 2.22 bits per heavy atom. The molecule has 0 amide bonds. The van der Waals surface area contributed by atoms with Gasteiger partial charge in [-0.2, -0.15) is 0 Å². The highest BCUT2D eigenvalue weighted by Crippen LogP contribution is 2.41. The quantitative estimate of drug-likeness (QED) is 0.169. The van der Waals surface area contributed by atoms with E-state index in [2.05, 4.69) is 0 Å². The number of hydrogen-bond donors (Lipinski definition) is 9. The SMILES string of the molecule is CC1OC(Oc2ccc(-c3coc4c([C@@H]5O[C@H](CO)[C@@H](O)[C@H](O)[C@H]5O)c(O)ccc4c3=O)cc2O)C(O)C(O)C1O. The molecule has 2 aliphatic rings. The van der Waals surface area contributed by atoms with Crippen LogP contribution in [0.5, 0.6) is 17.2 Å². The summed E-state index contributed by atoms with van der Waals surface area (Å²) in [5, 5.41) is 91.5. The van der Waals surface area contributed by atoms with Crippen molar-refractivity contribution >= 4 is 11.0 Å². The molecular weight excluding hydrogens is 548 g/mol. The molecule has 3 aromatic rings. The second-order valence-corrected chi connectivity index (χ2v) is 10.1. The molecule has 2 saturated heterocycles. The van der Waals surface area contributed by atoms with Gasteiger partial charge >= 0.3 is 0 Å². The van der Waals surface area contributed by atoms with Crippen molar-refractivity contribution in [3.63, 3.8) is 0 Å². The number of aliphatic hydroxyl groups excluding tert-OH is 7. The van der Waals surface area contributed by atoms with Crippen molar-refractivity contribution in [1.82, 2.24) is 0 Å². The van der Waals surface area contributed by atoms with E-state index < -0.39 is 84.8 Å². The Hall–Kier alpha value is -3.31. The molecule has 10 atom stereocenters. The van der Waals surface area contributed by atoms with E-state index >= 15 is 0 Å². The topological polar surface area (TPSA) is 240 Å². The molecule has 0 bridgehead atoms. The van der Waals surface area contributed by atoms with E-state index in [4.69, 9.17) is 18.6 Å². The molecule has 41 heavy (non-hydrogen) atoms. The fraction of sp³-hybridized carbons (Fsp3) is 0.444. The summed E-state index contributed by atoms with van der Waals surface area (Å²) in [6.07, 6.45) is -13.5. The van der Waals surface area contributed by atoms with Gasteiger partial charge < -0.3 is 64.6 Å². The predicted molar refractivity (Wildman–Crippen MR) is 137 cm³/mol. The van der Waals surface area contributed by atoms with E-state index in [0.29, 0.717) is 0 Å². The second kappa shape index (κ2) is 11.2. The van der Waals surface area contributed by atoms with Crippen molar-refractivity contribution in [1.29, 1.82) is 0 Å². The molecule has 0 aliphatic carbocycles. The highest BCUT2D eigenvalue weighted by atomic mass is 16.7. The van der Waals surface area contributed by atoms with Crippen LogP contribution in [-0.4, -0.2) is 108 Å². The summed E-state index contributed by atoms with van der Waals surface area (Å²) in [4.78, 5) is 13.5. The standard InChI is InChI=1S/C27H30O14/c1-9-18(31)21(34)24(37)27(39-9)41-15-5-2-10(6-14(15)30)12-8-38-25-11(19(12)32)3-4-13(29)17(25)26-23(36)22(35)20(33)16(7-28)40-26/h2-6,8-9,16,18,20-24,26-31,33-37H,7H2,1H3/t9?,16-,18?,20-,21?,22+,23-,24?,26+,27?/m1/s1. The van der Waals surface area contributed by atoms with Crippen molar-refractivity contribution < 1.29 is 64.6 Å². The number of fused-ring (bicyclic) bond motifs is 1. The molecule has 9 N–H and O–H groups in total. The van der Waals surface area contributed by atoms with Gasteiger partial charge in [0.2, 0.25) is 11.7 Å². The van der Waals surface area contributed by atoms with Crippen LogP contribution >= 0.6 is 0 Å². The Balaban J connectivity index is 1.48. The van der Waals surface area contributed by atoms with Crippen molar-refractivity contribution in [2.24, 2.45) is 0 Å². The Kier molecular flexibility index (Phi) is 7.95. The first-order valence-electron chi connectivity index (χ1n) is 12.7. The summed E-state index contributed by atoms with van der Waals surface area (Å²) < 4.78 is 22.1. The number of phenols is 2. The predicted octanol–water partition coefficient (Wildman–Crippen LogP) is -1.41. The van der Waals surface area contributed by atoms with Gasteiger partial charge in [0, 0.05) is 0 Å². The van der Waals surface area contributed by atoms with Crippen LogP contribution < -0.4 is 10.2 Å². The maximum atomic E-state index is 13.5. The highest BCUT2D eigenvalue weighted by molar-refractivity contribution is 5.86. The summed E-state index contributed by atoms with van der Waals surface area (Å²) in [6.45, 7) is 0.776. The van der Waals surface area contributed by atoms with Gasteiger partial charge in [0.25, 0.3) is 0 Å². The van der Waals surface area contributed by atoms with Crippen molar-refractivity contribution in [2.45, 2.75) is 68.1 Å². The Morgan fingerprint density at radius 2 is 1.54 bits per heavy atom. The first kappa shape index (κ1) is 29.2. The summed E-state index contributed by atoms with van der Waals surface area (Å²) in [6, 6.07) is 6.33. The molecule has 222 valence electrons. The molecule has 5 unspecified atom stereocenters. The van der Waals surface area contributed by atoms with E-state index in [-0.39, 0.29) is 33.4 Å². The van der Waals surface area contributed by atoms with Gasteiger partial charge in [-0.05, 0) is 36.8 Å². The maximum absolute atomic E-state index is 13.5. The van der Waals surface area contributed by atoms with Gasteiger partial charge in [-0.15, -0.1) is 0 Å². The number of hydrogen-bond acceptors (Lipinski definition) is 14. The molecule has 2 aliphatic heterocycles. The van der Waals surface area contributed by atoms with Crippen LogP contribution in [-0.2, 0) is 9.47 Å².